The Balaban J connectivity index is 1.75. The molecule has 1 aliphatic rings. The van der Waals surface area contributed by atoms with Crippen molar-refractivity contribution in [2.75, 3.05) is 38.6 Å². The molecule has 2 N–H and O–H groups in total. The Morgan fingerprint density at radius 1 is 1.19 bits per heavy atom. The van der Waals surface area contributed by atoms with Crippen molar-refractivity contribution in [3.8, 4) is 5.75 Å². The highest BCUT2D eigenvalue weighted by molar-refractivity contribution is 5.93. The quantitative estimate of drug-likeness (QED) is 0.868. The van der Waals surface area contributed by atoms with Crippen LogP contribution in [0.1, 0.15) is 22.7 Å². The molecule has 1 amide bonds. The molecule has 0 bridgehead atoms. The van der Waals surface area contributed by atoms with Gasteiger partial charge in [0.05, 0.1) is 19.7 Å². The van der Waals surface area contributed by atoms with Gasteiger partial charge in [-0.05, 0) is 31.0 Å². The maximum atomic E-state index is 12.7. The molecule has 1 unspecified atom stereocenters. The van der Waals surface area contributed by atoms with Crippen LogP contribution in [0.5, 0.6) is 5.75 Å². The highest BCUT2D eigenvalue weighted by Gasteiger charge is 2.27. The molecule has 0 radical (unpaired) electrons. The van der Waals surface area contributed by atoms with E-state index in [-0.39, 0.29) is 11.9 Å². The van der Waals surface area contributed by atoms with Crippen LogP contribution < -0.4 is 15.4 Å². The number of piperazine rings is 1. The highest BCUT2D eigenvalue weighted by Crippen LogP contribution is 2.30. The highest BCUT2D eigenvalue weighted by atomic mass is 16.5. The van der Waals surface area contributed by atoms with Crippen molar-refractivity contribution in [2.45, 2.75) is 19.9 Å². The number of hydrogen-bond donors (Lipinski definition) is 2. The van der Waals surface area contributed by atoms with E-state index in [0.29, 0.717) is 6.54 Å². The second-order valence-electron chi connectivity index (χ2n) is 6.75. The van der Waals surface area contributed by atoms with Crippen molar-refractivity contribution < 1.29 is 9.53 Å². The standard InChI is InChI=1S/C21H27N3O2/c1-15-7-6-8-16(2)21(15)23-20(25)14-24-12-11-22-13-18(24)17-9-4-5-10-19(17)26-3/h4-10,18,22H,11-14H2,1-3H3,(H,23,25). The number of rotatable bonds is 5. The minimum Gasteiger partial charge on any atom is -0.496 e. The smallest absolute Gasteiger partial charge is 0.238 e. The third kappa shape index (κ3) is 4.06. The Morgan fingerprint density at radius 2 is 1.92 bits per heavy atom. The Morgan fingerprint density at radius 3 is 2.65 bits per heavy atom. The number of nitrogens with zero attached hydrogens (tertiary/aromatic N) is 1. The predicted octanol–water partition coefficient (Wildman–Crippen LogP) is 2.90. The fourth-order valence-corrected chi connectivity index (χ4v) is 3.56. The van der Waals surface area contributed by atoms with Gasteiger partial charge in [-0.3, -0.25) is 9.69 Å². The Hall–Kier alpha value is -2.37. The lowest BCUT2D eigenvalue weighted by Gasteiger charge is -2.36. The number of anilines is 1. The molecule has 26 heavy (non-hydrogen) atoms. The van der Waals surface area contributed by atoms with Crippen molar-refractivity contribution in [3.63, 3.8) is 0 Å². The van der Waals surface area contributed by atoms with Crippen LogP contribution in [0.3, 0.4) is 0 Å². The van der Waals surface area contributed by atoms with Gasteiger partial charge in [-0.25, -0.2) is 0 Å². The molecule has 1 heterocycles. The summed E-state index contributed by atoms with van der Waals surface area (Å²) in [5.74, 6) is 0.880. The first kappa shape index (κ1) is 18.4. The Bertz CT molecular complexity index is 755. The number of para-hydroxylation sites is 2. The summed E-state index contributed by atoms with van der Waals surface area (Å²) in [6.07, 6.45) is 0. The summed E-state index contributed by atoms with van der Waals surface area (Å²) in [7, 11) is 1.69. The summed E-state index contributed by atoms with van der Waals surface area (Å²) < 4.78 is 5.52. The molecular weight excluding hydrogens is 326 g/mol. The van der Waals surface area contributed by atoms with Crippen molar-refractivity contribution in [3.05, 3.63) is 59.2 Å². The number of aryl methyl sites for hydroxylation is 2. The second kappa shape index (κ2) is 8.34. The van der Waals surface area contributed by atoms with E-state index in [1.54, 1.807) is 7.11 Å². The number of benzene rings is 2. The van der Waals surface area contributed by atoms with Crippen LogP contribution >= 0.6 is 0 Å². The van der Waals surface area contributed by atoms with Crippen LogP contribution in [0.25, 0.3) is 0 Å². The largest absolute Gasteiger partial charge is 0.496 e. The van der Waals surface area contributed by atoms with Crippen LogP contribution in [-0.2, 0) is 4.79 Å². The normalized spacial score (nSPS) is 17.7. The SMILES string of the molecule is COc1ccccc1C1CNCCN1CC(=O)Nc1c(C)cccc1C. The molecule has 5 heteroatoms. The number of methoxy groups -OCH3 is 1. The summed E-state index contributed by atoms with van der Waals surface area (Å²) in [6, 6.07) is 14.2. The topological polar surface area (TPSA) is 53.6 Å². The molecule has 5 nitrogen and oxygen atoms in total. The molecule has 0 spiro atoms. The van der Waals surface area contributed by atoms with E-state index in [1.807, 2.05) is 50.2 Å². The second-order valence-corrected chi connectivity index (χ2v) is 6.75. The van der Waals surface area contributed by atoms with Crippen LogP contribution in [0, 0.1) is 13.8 Å². The summed E-state index contributed by atoms with van der Waals surface area (Å²) in [6.45, 7) is 6.90. The summed E-state index contributed by atoms with van der Waals surface area (Å²) in [4.78, 5) is 14.9. The fraction of sp³-hybridized carbons (Fsp3) is 0.381. The van der Waals surface area contributed by atoms with Crippen LogP contribution in [-0.4, -0.2) is 44.1 Å². The molecule has 0 aromatic heterocycles. The Labute approximate surface area is 155 Å². The zero-order valence-corrected chi connectivity index (χ0v) is 15.7. The van der Waals surface area contributed by atoms with E-state index in [9.17, 15) is 4.79 Å². The predicted molar refractivity (Wildman–Crippen MR) is 105 cm³/mol. The van der Waals surface area contributed by atoms with Gasteiger partial charge in [-0.15, -0.1) is 0 Å². The number of hydrogen-bond acceptors (Lipinski definition) is 4. The van der Waals surface area contributed by atoms with Gasteiger partial charge in [0, 0.05) is 30.9 Å². The lowest BCUT2D eigenvalue weighted by molar-refractivity contribution is -0.118. The van der Waals surface area contributed by atoms with Gasteiger partial charge < -0.3 is 15.4 Å². The molecule has 0 saturated carbocycles. The molecule has 1 fully saturated rings. The minimum atomic E-state index is 0.0178. The first-order chi connectivity index (χ1) is 12.6. The van der Waals surface area contributed by atoms with Crippen LogP contribution in [0.15, 0.2) is 42.5 Å². The van der Waals surface area contributed by atoms with E-state index in [4.69, 9.17) is 4.74 Å². The van der Waals surface area contributed by atoms with E-state index >= 15 is 0 Å². The number of amides is 1. The van der Waals surface area contributed by atoms with Crippen molar-refractivity contribution in [2.24, 2.45) is 0 Å². The Kier molecular flexibility index (Phi) is 5.91. The van der Waals surface area contributed by atoms with Gasteiger partial charge in [0.25, 0.3) is 0 Å². The first-order valence-corrected chi connectivity index (χ1v) is 9.04. The van der Waals surface area contributed by atoms with Gasteiger partial charge in [0.1, 0.15) is 5.75 Å². The molecule has 1 saturated heterocycles. The van der Waals surface area contributed by atoms with Crippen molar-refractivity contribution >= 4 is 11.6 Å². The molecular formula is C21H27N3O2. The maximum Gasteiger partial charge on any atom is 0.238 e. The van der Waals surface area contributed by atoms with Crippen LogP contribution in [0.2, 0.25) is 0 Å². The zero-order valence-electron chi connectivity index (χ0n) is 15.7. The van der Waals surface area contributed by atoms with Gasteiger partial charge in [-0.2, -0.15) is 0 Å². The molecule has 0 aliphatic carbocycles. The van der Waals surface area contributed by atoms with Crippen LogP contribution in [0.4, 0.5) is 5.69 Å². The zero-order chi connectivity index (χ0) is 18.5. The monoisotopic (exact) mass is 353 g/mol. The lowest BCUT2D eigenvalue weighted by Crippen LogP contribution is -2.48. The molecule has 2 aromatic carbocycles. The van der Waals surface area contributed by atoms with Gasteiger partial charge >= 0.3 is 0 Å². The van der Waals surface area contributed by atoms with E-state index < -0.39 is 0 Å². The van der Waals surface area contributed by atoms with Gasteiger partial charge in [0.15, 0.2) is 0 Å². The van der Waals surface area contributed by atoms with E-state index in [1.165, 1.54) is 0 Å². The van der Waals surface area contributed by atoms with E-state index in [2.05, 4.69) is 21.6 Å². The number of nitrogens with one attached hydrogen (secondary N) is 2. The average Bonchev–Trinajstić information content (AvgIpc) is 2.65. The molecule has 1 aliphatic heterocycles. The minimum absolute atomic E-state index is 0.0178. The summed E-state index contributed by atoms with van der Waals surface area (Å²) >= 11 is 0. The average molecular weight is 353 g/mol. The van der Waals surface area contributed by atoms with Crippen molar-refractivity contribution in [1.82, 2.24) is 10.2 Å². The van der Waals surface area contributed by atoms with Crippen molar-refractivity contribution in [1.29, 1.82) is 0 Å². The third-order valence-electron chi connectivity index (χ3n) is 4.94. The number of carbonyl (C=O) groups excluding carboxylic acids is 1. The molecule has 138 valence electrons. The van der Waals surface area contributed by atoms with E-state index in [0.717, 1.165) is 47.8 Å². The van der Waals surface area contributed by atoms with Gasteiger partial charge in [0.2, 0.25) is 5.91 Å². The first-order valence-electron chi connectivity index (χ1n) is 9.04. The summed E-state index contributed by atoms with van der Waals surface area (Å²) in [5, 5.41) is 6.52. The summed E-state index contributed by atoms with van der Waals surface area (Å²) in [5.41, 5.74) is 4.20. The number of ether oxygens (including phenoxy) is 1. The number of carbonyl (C=O) groups is 1. The molecule has 1 atom stereocenters. The molecule has 3 rings (SSSR count). The fourth-order valence-electron chi connectivity index (χ4n) is 3.56. The molecule has 2 aromatic rings. The maximum absolute atomic E-state index is 12.7. The lowest BCUT2D eigenvalue weighted by atomic mass is 10.0. The van der Waals surface area contributed by atoms with Gasteiger partial charge in [-0.1, -0.05) is 36.4 Å². The third-order valence-corrected chi connectivity index (χ3v) is 4.94.